The largest absolute Gasteiger partial charge is 0.349 e. The minimum absolute atomic E-state index is 0.112. The summed E-state index contributed by atoms with van der Waals surface area (Å²) in [5, 5.41) is 4.89. The van der Waals surface area contributed by atoms with Gasteiger partial charge in [-0.2, -0.15) is 0 Å². The summed E-state index contributed by atoms with van der Waals surface area (Å²) in [6.07, 6.45) is -1.55. The Labute approximate surface area is 70.5 Å². The van der Waals surface area contributed by atoms with Crippen LogP contribution in [0.2, 0.25) is 0 Å². The summed E-state index contributed by atoms with van der Waals surface area (Å²) in [4.78, 5) is 10.7. The van der Waals surface area contributed by atoms with Crippen molar-refractivity contribution in [3.63, 3.8) is 0 Å². The molecule has 0 aromatic carbocycles. The normalized spacial score (nSPS) is 10.3. The quantitative estimate of drug-likeness (QED) is 0.580. The first kappa shape index (κ1) is 11.3. The molecule has 0 unspecified atom stereocenters. The van der Waals surface area contributed by atoms with Gasteiger partial charge in [0.15, 0.2) is 0 Å². The molecular formula is C7H14F2N2O. The van der Waals surface area contributed by atoms with Crippen molar-refractivity contribution in [3.05, 3.63) is 0 Å². The van der Waals surface area contributed by atoms with E-state index in [0.717, 1.165) is 13.0 Å². The van der Waals surface area contributed by atoms with Crippen molar-refractivity contribution in [3.8, 4) is 0 Å². The Balaban J connectivity index is 3.22. The van der Waals surface area contributed by atoms with E-state index in [2.05, 4.69) is 10.6 Å². The fourth-order valence-electron chi connectivity index (χ4n) is 0.632. The van der Waals surface area contributed by atoms with Gasteiger partial charge in [0.1, 0.15) is 0 Å². The average Bonchev–Trinajstić information content (AvgIpc) is 2.01. The van der Waals surface area contributed by atoms with Crippen LogP contribution in [0.25, 0.3) is 0 Å². The van der Waals surface area contributed by atoms with Crippen LogP contribution in [-0.4, -0.2) is 32.0 Å². The molecule has 3 nitrogen and oxygen atoms in total. The summed E-state index contributed by atoms with van der Waals surface area (Å²) in [6, 6.07) is 0. The summed E-state index contributed by atoms with van der Waals surface area (Å²) >= 11 is 0. The van der Waals surface area contributed by atoms with E-state index in [9.17, 15) is 13.6 Å². The summed E-state index contributed by atoms with van der Waals surface area (Å²) in [5.74, 6) is -0.385. The first-order chi connectivity index (χ1) is 5.66. The minimum Gasteiger partial charge on any atom is -0.349 e. The molecule has 0 saturated carbocycles. The Bertz CT molecular complexity index is 131. The molecule has 0 aliphatic heterocycles. The van der Waals surface area contributed by atoms with Crippen LogP contribution >= 0.6 is 0 Å². The standard InChI is InChI=1S/C7H14F2N2O/c1-2-3-10-5-7(12)11-4-6(8)9/h6,10H,2-5H2,1H3,(H,11,12). The van der Waals surface area contributed by atoms with E-state index in [0.29, 0.717) is 0 Å². The molecule has 5 heteroatoms. The van der Waals surface area contributed by atoms with E-state index in [-0.39, 0.29) is 12.5 Å². The van der Waals surface area contributed by atoms with E-state index in [4.69, 9.17) is 0 Å². The fourth-order valence-corrected chi connectivity index (χ4v) is 0.632. The number of carbonyl (C=O) groups excluding carboxylic acids is 1. The third-order valence-electron chi connectivity index (χ3n) is 1.17. The van der Waals surface area contributed by atoms with Crippen LogP contribution in [0.15, 0.2) is 0 Å². The predicted molar refractivity (Wildman–Crippen MR) is 42.2 cm³/mol. The van der Waals surface area contributed by atoms with Gasteiger partial charge in [0.05, 0.1) is 13.1 Å². The van der Waals surface area contributed by atoms with Crippen LogP contribution in [0.3, 0.4) is 0 Å². The zero-order valence-electron chi connectivity index (χ0n) is 7.07. The van der Waals surface area contributed by atoms with E-state index >= 15 is 0 Å². The summed E-state index contributed by atoms with van der Waals surface area (Å²) in [6.45, 7) is 2.24. The third-order valence-corrected chi connectivity index (χ3v) is 1.17. The molecule has 0 aromatic heterocycles. The number of nitrogens with one attached hydrogen (secondary N) is 2. The van der Waals surface area contributed by atoms with Crippen molar-refractivity contribution in [2.75, 3.05) is 19.6 Å². The number of carbonyl (C=O) groups is 1. The Kier molecular flexibility index (Phi) is 6.55. The molecule has 0 heterocycles. The molecule has 12 heavy (non-hydrogen) atoms. The van der Waals surface area contributed by atoms with Gasteiger partial charge in [0, 0.05) is 0 Å². The van der Waals surface area contributed by atoms with E-state index in [1.807, 2.05) is 6.92 Å². The van der Waals surface area contributed by atoms with E-state index in [1.54, 1.807) is 0 Å². The molecule has 0 aromatic rings. The van der Waals surface area contributed by atoms with Gasteiger partial charge in [0.25, 0.3) is 6.43 Å². The summed E-state index contributed by atoms with van der Waals surface area (Å²) in [7, 11) is 0. The molecule has 0 fully saturated rings. The highest BCUT2D eigenvalue weighted by Gasteiger charge is 2.04. The highest BCUT2D eigenvalue weighted by molar-refractivity contribution is 5.77. The molecule has 0 saturated heterocycles. The van der Waals surface area contributed by atoms with Crippen molar-refractivity contribution in [1.29, 1.82) is 0 Å². The Morgan fingerprint density at radius 1 is 1.50 bits per heavy atom. The summed E-state index contributed by atoms with van der Waals surface area (Å²) < 4.78 is 23.1. The molecule has 0 bridgehead atoms. The van der Waals surface area contributed by atoms with Gasteiger partial charge in [-0.25, -0.2) is 8.78 Å². The Morgan fingerprint density at radius 3 is 2.67 bits per heavy atom. The molecular weight excluding hydrogens is 166 g/mol. The molecule has 2 N–H and O–H groups in total. The first-order valence-electron chi connectivity index (χ1n) is 3.92. The number of rotatable bonds is 6. The maximum atomic E-state index is 11.5. The van der Waals surface area contributed by atoms with Gasteiger partial charge in [0.2, 0.25) is 5.91 Å². The lowest BCUT2D eigenvalue weighted by molar-refractivity contribution is -0.120. The number of amides is 1. The maximum absolute atomic E-state index is 11.5. The molecule has 0 aliphatic rings. The zero-order valence-corrected chi connectivity index (χ0v) is 7.07. The predicted octanol–water partition coefficient (Wildman–Crippen LogP) is 0.367. The van der Waals surface area contributed by atoms with Crippen LogP contribution in [0.4, 0.5) is 8.78 Å². The highest BCUT2D eigenvalue weighted by Crippen LogP contribution is 1.86. The van der Waals surface area contributed by atoms with Gasteiger partial charge in [-0.1, -0.05) is 6.92 Å². The van der Waals surface area contributed by atoms with Crippen molar-refractivity contribution < 1.29 is 13.6 Å². The zero-order chi connectivity index (χ0) is 9.40. The molecule has 1 amide bonds. The number of alkyl halides is 2. The smallest absolute Gasteiger partial charge is 0.255 e. The minimum atomic E-state index is -2.47. The molecule has 0 radical (unpaired) electrons. The molecule has 0 spiro atoms. The highest BCUT2D eigenvalue weighted by atomic mass is 19.3. The van der Waals surface area contributed by atoms with Crippen LogP contribution in [0, 0.1) is 0 Å². The monoisotopic (exact) mass is 180 g/mol. The lowest BCUT2D eigenvalue weighted by atomic mass is 10.4. The lowest BCUT2D eigenvalue weighted by Crippen LogP contribution is -2.36. The Hall–Kier alpha value is -0.710. The molecule has 0 rings (SSSR count). The first-order valence-corrected chi connectivity index (χ1v) is 3.92. The number of hydrogen-bond acceptors (Lipinski definition) is 2. The van der Waals surface area contributed by atoms with Crippen LogP contribution in [-0.2, 0) is 4.79 Å². The van der Waals surface area contributed by atoms with E-state index in [1.165, 1.54) is 0 Å². The molecule has 0 atom stereocenters. The van der Waals surface area contributed by atoms with Crippen LogP contribution < -0.4 is 10.6 Å². The van der Waals surface area contributed by atoms with E-state index < -0.39 is 13.0 Å². The van der Waals surface area contributed by atoms with Crippen LogP contribution in [0.1, 0.15) is 13.3 Å². The molecule has 0 aliphatic carbocycles. The van der Waals surface area contributed by atoms with Gasteiger partial charge in [-0.05, 0) is 13.0 Å². The lowest BCUT2D eigenvalue weighted by Gasteiger charge is -2.04. The van der Waals surface area contributed by atoms with Gasteiger partial charge in [-0.15, -0.1) is 0 Å². The third kappa shape index (κ3) is 7.40. The average molecular weight is 180 g/mol. The second-order valence-corrected chi connectivity index (χ2v) is 2.37. The van der Waals surface area contributed by atoms with Crippen molar-refractivity contribution in [2.24, 2.45) is 0 Å². The van der Waals surface area contributed by atoms with Crippen molar-refractivity contribution >= 4 is 5.91 Å². The van der Waals surface area contributed by atoms with Crippen LogP contribution in [0.5, 0.6) is 0 Å². The van der Waals surface area contributed by atoms with Crippen molar-refractivity contribution in [1.82, 2.24) is 10.6 Å². The summed E-state index contributed by atoms with van der Waals surface area (Å²) in [5.41, 5.74) is 0. The van der Waals surface area contributed by atoms with Gasteiger partial charge in [-0.3, -0.25) is 4.79 Å². The number of hydrogen-bond donors (Lipinski definition) is 2. The van der Waals surface area contributed by atoms with Gasteiger partial charge < -0.3 is 10.6 Å². The maximum Gasteiger partial charge on any atom is 0.255 e. The topological polar surface area (TPSA) is 41.1 Å². The second-order valence-electron chi connectivity index (χ2n) is 2.37. The van der Waals surface area contributed by atoms with Crippen molar-refractivity contribution in [2.45, 2.75) is 19.8 Å². The second kappa shape index (κ2) is 6.97. The Morgan fingerprint density at radius 2 is 2.17 bits per heavy atom. The fraction of sp³-hybridized carbons (Fsp3) is 0.857. The van der Waals surface area contributed by atoms with Gasteiger partial charge >= 0.3 is 0 Å². The number of halogens is 2. The molecule has 72 valence electrons. The SMILES string of the molecule is CCCNCC(=O)NCC(F)F.